The van der Waals surface area contributed by atoms with Crippen molar-refractivity contribution in [3.05, 3.63) is 99.5 Å². The molecule has 5 nitrogen and oxygen atoms in total. The Morgan fingerprint density at radius 2 is 1.74 bits per heavy atom. The molecular formula is C27H21BrN4OS. The van der Waals surface area contributed by atoms with Crippen molar-refractivity contribution in [2.24, 2.45) is 0 Å². The van der Waals surface area contributed by atoms with E-state index in [0.29, 0.717) is 22.9 Å². The molecule has 168 valence electrons. The number of fused-ring (bicyclic) bond motifs is 1. The molecule has 5 aromatic rings. The van der Waals surface area contributed by atoms with Gasteiger partial charge in [0.2, 0.25) is 0 Å². The van der Waals surface area contributed by atoms with E-state index in [9.17, 15) is 4.79 Å². The number of halogens is 1. The predicted molar refractivity (Wildman–Crippen MR) is 141 cm³/mol. The van der Waals surface area contributed by atoms with E-state index in [2.05, 4.69) is 45.2 Å². The third-order valence-electron chi connectivity index (χ3n) is 6.21. The van der Waals surface area contributed by atoms with Crippen molar-refractivity contribution in [1.29, 1.82) is 0 Å². The van der Waals surface area contributed by atoms with E-state index >= 15 is 0 Å². The first-order chi connectivity index (χ1) is 16.6. The summed E-state index contributed by atoms with van der Waals surface area (Å²) in [5.74, 6) is 1.25. The van der Waals surface area contributed by atoms with Crippen molar-refractivity contribution >= 4 is 38.9 Å². The van der Waals surface area contributed by atoms with E-state index in [1.54, 1.807) is 22.7 Å². The third kappa shape index (κ3) is 3.79. The first-order valence-electron chi connectivity index (χ1n) is 11.1. The van der Waals surface area contributed by atoms with Crippen molar-refractivity contribution in [2.75, 3.05) is 6.26 Å². The second-order valence-electron chi connectivity index (χ2n) is 8.44. The quantitative estimate of drug-likeness (QED) is 0.241. The molecule has 0 N–H and O–H groups in total. The van der Waals surface area contributed by atoms with Crippen LogP contribution in [0.4, 0.5) is 0 Å². The van der Waals surface area contributed by atoms with Crippen LogP contribution in [0.3, 0.4) is 0 Å². The molecule has 7 heteroatoms. The van der Waals surface area contributed by atoms with Gasteiger partial charge in [-0.05, 0) is 73.0 Å². The van der Waals surface area contributed by atoms with Gasteiger partial charge >= 0.3 is 0 Å². The third-order valence-corrected chi connectivity index (χ3v) is 7.46. The lowest BCUT2D eigenvalue weighted by Crippen LogP contribution is -2.22. The lowest BCUT2D eigenvalue weighted by Gasteiger charge is -2.14. The molecule has 0 aliphatic heterocycles. The van der Waals surface area contributed by atoms with Crippen LogP contribution in [0, 0.1) is 0 Å². The molecule has 2 heterocycles. The molecular weight excluding hydrogens is 508 g/mol. The molecule has 1 aliphatic rings. The van der Waals surface area contributed by atoms with Gasteiger partial charge in [-0.15, -0.1) is 11.8 Å². The van der Waals surface area contributed by atoms with Gasteiger partial charge in [-0.2, -0.15) is 0 Å². The van der Waals surface area contributed by atoms with Crippen molar-refractivity contribution in [3.8, 4) is 22.8 Å². The average molecular weight is 529 g/mol. The van der Waals surface area contributed by atoms with Crippen LogP contribution in [0.25, 0.3) is 33.9 Å². The summed E-state index contributed by atoms with van der Waals surface area (Å²) in [5.41, 5.74) is 4.62. The van der Waals surface area contributed by atoms with Crippen molar-refractivity contribution in [1.82, 2.24) is 19.1 Å². The molecule has 0 amide bonds. The number of imidazole rings is 1. The minimum absolute atomic E-state index is 0.179. The maximum absolute atomic E-state index is 13.8. The summed E-state index contributed by atoms with van der Waals surface area (Å²) in [6.07, 6.45) is 6.21. The summed E-state index contributed by atoms with van der Waals surface area (Å²) in [6.45, 7) is 0. The fraction of sp³-hybridized carbons (Fsp3) is 0.148. The highest BCUT2D eigenvalue weighted by atomic mass is 79.9. The number of benzene rings is 3. The molecule has 2 aromatic heterocycles. The molecule has 6 rings (SSSR count). The lowest BCUT2D eigenvalue weighted by molar-refractivity contribution is 0.958. The van der Waals surface area contributed by atoms with Crippen LogP contribution >= 0.6 is 27.7 Å². The molecule has 0 spiro atoms. The minimum atomic E-state index is -0.179. The van der Waals surface area contributed by atoms with E-state index in [0.717, 1.165) is 26.3 Å². The largest absolute Gasteiger partial charge is 0.286 e. The predicted octanol–water partition coefficient (Wildman–Crippen LogP) is 6.60. The highest BCUT2D eigenvalue weighted by Crippen LogP contribution is 2.40. The van der Waals surface area contributed by atoms with Crippen LogP contribution < -0.4 is 5.56 Å². The van der Waals surface area contributed by atoms with Gasteiger partial charge in [-0.3, -0.25) is 13.9 Å². The zero-order chi connectivity index (χ0) is 23.2. The Kier molecular flexibility index (Phi) is 5.38. The summed E-state index contributed by atoms with van der Waals surface area (Å²) >= 11 is 5.18. The van der Waals surface area contributed by atoms with Crippen LogP contribution in [-0.2, 0) is 0 Å². The summed E-state index contributed by atoms with van der Waals surface area (Å²) in [6, 6.07) is 24.3. The number of nitrogens with zero attached hydrogens (tertiary/aromatic N) is 4. The maximum atomic E-state index is 13.8. The number of hydrogen-bond donors (Lipinski definition) is 0. The summed E-state index contributed by atoms with van der Waals surface area (Å²) in [5, 5.41) is 0. The summed E-state index contributed by atoms with van der Waals surface area (Å²) in [7, 11) is 0. The monoisotopic (exact) mass is 528 g/mol. The summed E-state index contributed by atoms with van der Waals surface area (Å²) in [4.78, 5) is 24.5. The highest BCUT2D eigenvalue weighted by molar-refractivity contribution is 9.10. The van der Waals surface area contributed by atoms with Crippen LogP contribution in [0.5, 0.6) is 0 Å². The van der Waals surface area contributed by atoms with E-state index in [-0.39, 0.29) is 5.56 Å². The van der Waals surface area contributed by atoms with Gasteiger partial charge < -0.3 is 0 Å². The Morgan fingerprint density at radius 1 is 0.971 bits per heavy atom. The second-order valence-corrected chi connectivity index (χ2v) is 10.2. The SMILES string of the molecule is CSc1cccc(-n2cnc3c(=O)n(-c4ccc(C5CC5)cc4)c(-c4ccc(Br)cc4)nc32)c1. The van der Waals surface area contributed by atoms with Gasteiger partial charge in [-0.25, -0.2) is 9.97 Å². The van der Waals surface area contributed by atoms with Crippen molar-refractivity contribution in [2.45, 2.75) is 23.7 Å². The molecule has 0 unspecified atom stereocenters. The van der Waals surface area contributed by atoms with E-state index < -0.39 is 0 Å². The average Bonchev–Trinajstić information content (AvgIpc) is 3.63. The van der Waals surface area contributed by atoms with Crippen LogP contribution in [0.15, 0.2) is 93.3 Å². The van der Waals surface area contributed by atoms with Gasteiger partial charge in [0, 0.05) is 20.6 Å². The van der Waals surface area contributed by atoms with Gasteiger partial charge in [0.15, 0.2) is 11.2 Å². The Morgan fingerprint density at radius 3 is 2.44 bits per heavy atom. The van der Waals surface area contributed by atoms with Crippen LogP contribution in [-0.4, -0.2) is 25.4 Å². The van der Waals surface area contributed by atoms with Gasteiger partial charge in [0.05, 0.1) is 5.69 Å². The first-order valence-corrected chi connectivity index (χ1v) is 13.1. The van der Waals surface area contributed by atoms with Gasteiger partial charge in [0.25, 0.3) is 5.56 Å². The topological polar surface area (TPSA) is 52.7 Å². The highest BCUT2D eigenvalue weighted by Gasteiger charge is 2.24. The molecule has 1 saturated carbocycles. The van der Waals surface area contributed by atoms with E-state index in [4.69, 9.17) is 4.98 Å². The first kappa shape index (κ1) is 21.4. The maximum Gasteiger partial charge on any atom is 0.286 e. The smallest absolute Gasteiger partial charge is 0.283 e. The normalized spacial score (nSPS) is 13.5. The Labute approximate surface area is 209 Å². The number of thioether (sulfide) groups is 1. The van der Waals surface area contributed by atoms with Gasteiger partial charge in [-0.1, -0.05) is 46.3 Å². The molecule has 0 atom stereocenters. The van der Waals surface area contributed by atoms with Crippen LogP contribution in [0.2, 0.25) is 0 Å². The summed E-state index contributed by atoms with van der Waals surface area (Å²) < 4.78 is 4.54. The standard InChI is InChI=1S/C27H21BrN4OS/c1-34-23-4-2-3-22(15-23)31-16-29-24-26(31)30-25(19-7-11-20(28)12-8-19)32(27(24)33)21-13-9-18(10-14-21)17-5-6-17/h2-4,7-17H,5-6H2,1H3. The second kappa shape index (κ2) is 8.56. The number of rotatable bonds is 5. The molecule has 0 saturated heterocycles. The number of hydrogen-bond acceptors (Lipinski definition) is 4. The Hall–Kier alpha value is -3.16. The molecule has 1 aliphatic carbocycles. The molecule has 3 aromatic carbocycles. The van der Waals surface area contributed by atoms with Gasteiger partial charge in [0.1, 0.15) is 12.2 Å². The Balaban J connectivity index is 1.60. The Bertz CT molecular complexity index is 1570. The molecule has 0 radical (unpaired) electrons. The number of aromatic nitrogens is 4. The fourth-order valence-corrected chi connectivity index (χ4v) is 4.96. The fourth-order valence-electron chi connectivity index (χ4n) is 4.25. The van der Waals surface area contributed by atoms with E-state index in [1.807, 2.05) is 59.4 Å². The minimum Gasteiger partial charge on any atom is -0.283 e. The molecule has 1 fully saturated rings. The molecule has 34 heavy (non-hydrogen) atoms. The van der Waals surface area contributed by atoms with Crippen molar-refractivity contribution < 1.29 is 0 Å². The lowest BCUT2D eigenvalue weighted by atomic mass is 10.1. The van der Waals surface area contributed by atoms with E-state index in [1.165, 1.54) is 18.4 Å². The molecule has 0 bridgehead atoms. The van der Waals surface area contributed by atoms with Crippen LogP contribution in [0.1, 0.15) is 24.3 Å². The van der Waals surface area contributed by atoms with Crippen molar-refractivity contribution in [3.63, 3.8) is 0 Å². The zero-order valence-corrected chi connectivity index (χ0v) is 20.9. The zero-order valence-electron chi connectivity index (χ0n) is 18.5.